The highest BCUT2D eigenvalue weighted by atomic mass is 19.1. The van der Waals surface area contributed by atoms with E-state index in [4.69, 9.17) is 4.74 Å². The monoisotopic (exact) mass is 411 g/mol. The quantitative estimate of drug-likeness (QED) is 0.718. The number of amides is 3. The van der Waals surface area contributed by atoms with Crippen molar-refractivity contribution in [1.82, 2.24) is 10.2 Å². The summed E-state index contributed by atoms with van der Waals surface area (Å²) in [6.07, 6.45) is -1.10. The van der Waals surface area contributed by atoms with Crippen LogP contribution in [0.2, 0.25) is 0 Å². The van der Waals surface area contributed by atoms with Crippen LogP contribution >= 0.6 is 0 Å². The molecule has 1 atom stereocenters. The second-order valence-corrected chi connectivity index (χ2v) is 7.01. The highest BCUT2D eigenvalue weighted by Gasteiger charge is 2.27. The number of nitrogens with zero attached hydrogens (tertiary/aromatic N) is 2. The second kappa shape index (κ2) is 9.02. The third-order valence-electron chi connectivity index (χ3n) is 4.88. The topological polar surface area (TPSA) is 95.1 Å². The van der Waals surface area contributed by atoms with Gasteiger partial charge in [0, 0.05) is 36.6 Å². The van der Waals surface area contributed by atoms with Crippen LogP contribution in [0.5, 0.6) is 0 Å². The number of hydrogen-bond acceptors (Lipinski definition) is 5. The van der Waals surface area contributed by atoms with Crippen molar-refractivity contribution in [3.05, 3.63) is 59.9 Å². The van der Waals surface area contributed by atoms with Crippen LogP contribution in [0.1, 0.15) is 5.56 Å². The van der Waals surface area contributed by atoms with Gasteiger partial charge in [0.15, 0.2) is 0 Å². The lowest BCUT2D eigenvalue weighted by atomic mass is 10.1. The number of nitrogens with one attached hydrogen (secondary N) is 3. The standard InChI is InChI=1S/C21H22FN5O3/c22-14-5-7-15(8-6-14)23-21(29)26-19-20(28)25-17-4-2-1-3-16(17)18(24-19)13-27-9-11-30-12-10-27/h1-8,19H,9-13H2,(H,25,28)(H2,23,26,29). The smallest absolute Gasteiger partial charge is 0.321 e. The highest BCUT2D eigenvalue weighted by molar-refractivity contribution is 6.13. The number of ether oxygens (including phenoxy) is 1. The molecule has 2 aromatic carbocycles. The molecular weight excluding hydrogens is 389 g/mol. The zero-order valence-corrected chi connectivity index (χ0v) is 16.2. The fourth-order valence-corrected chi connectivity index (χ4v) is 3.35. The molecular formula is C21H22FN5O3. The van der Waals surface area contributed by atoms with E-state index >= 15 is 0 Å². The summed E-state index contributed by atoms with van der Waals surface area (Å²) in [7, 11) is 0. The molecule has 156 valence electrons. The fraction of sp³-hybridized carbons (Fsp3) is 0.286. The summed E-state index contributed by atoms with van der Waals surface area (Å²) in [6, 6.07) is 12.2. The molecule has 3 amide bonds. The van der Waals surface area contributed by atoms with Crippen LogP contribution in [-0.4, -0.2) is 61.6 Å². The number of morpholine rings is 1. The summed E-state index contributed by atoms with van der Waals surface area (Å²) < 4.78 is 18.4. The summed E-state index contributed by atoms with van der Waals surface area (Å²) in [5.41, 5.74) is 2.58. The molecule has 8 nitrogen and oxygen atoms in total. The van der Waals surface area contributed by atoms with Gasteiger partial charge in [-0.3, -0.25) is 14.7 Å². The molecule has 1 saturated heterocycles. The van der Waals surface area contributed by atoms with Crippen LogP contribution in [0.4, 0.5) is 20.6 Å². The number of halogens is 1. The van der Waals surface area contributed by atoms with E-state index in [0.29, 0.717) is 36.8 Å². The van der Waals surface area contributed by atoms with Gasteiger partial charge in [-0.15, -0.1) is 0 Å². The van der Waals surface area contributed by atoms with Gasteiger partial charge in [-0.05, 0) is 30.3 Å². The first kappa shape index (κ1) is 20.0. The van der Waals surface area contributed by atoms with Crippen molar-refractivity contribution in [2.24, 2.45) is 4.99 Å². The number of urea groups is 1. The number of benzodiazepines with no additional fused rings is 1. The number of hydrogen-bond donors (Lipinski definition) is 3. The normalized spacial score (nSPS) is 19.2. The zero-order valence-electron chi connectivity index (χ0n) is 16.2. The number of benzene rings is 2. The number of anilines is 2. The SMILES string of the molecule is O=C(Nc1ccc(F)cc1)NC1N=C(CN2CCOCC2)c2ccccc2NC1=O. The Labute approximate surface area is 173 Å². The predicted octanol–water partition coefficient (Wildman–Crippen LogP) is 2.05. The van der Waals surface area contributed by atoms with E-state index < -0.39 is 23.9 Å². The van der Waals surface area contributed by atoms with Crippen molar-refractivity contribution in [2.75, 3.05) is 43.5 Å². The first-order valence-corrected chi connectivity index (χ1v) is 9.68. The Kier molecular flexibility index (Phi) is 6.01. The predicted molar refractivity (Wildman–Crippen MR) is 111 cm³/mol. The van der Waals surface area contributed by atoms with Crippen molar-refractivity contribution in [2.45, 2.75) is 6.17 Å². The lowest BCUT2D eigenvalue weighted by molar-refractivity contribution is -0.117. The Hall–Kier alpha value is -3.30. The van der Waals surface area contributed by atoms with Gasteiger partial charge < -0.3 is 20.7 Å². The van der Waals surface area contributed by atoms with Gasteiger partial charge in [0.1, 0.15) is 5.82 Å². The average Bonchev–Trinajstić information content (AvgIpc) is 2.87. The molecule has 1 unspecified atom stereocenters. The van der Waals surface area contributed by atoms with E-state index in [1.807, 2.05) is 24.3 Å². The molecule has 0 radical (unpaired) electrons. The molecule has 2 aliphatic heterocycles. The van der Waals surface area contributed by atoms with Crippen LogP contribution in [0.25, 0.3) is 0 Å². The lowest BCUT2D eigenvalue weighted by Gasteiger charge is -2.27. The molecule has 0 spiro atoms. The number of carbonyl (C=O) groups excluding carboxylic acids is 2. The van der Waals surface area contributed by atoms with E-state index in [1.54, 1.807) is 0 Å². The number of para-hydroxylation sites is 1. The Morgan fingerprint density at radius 2 is 1.90 bits per heavy atom. The minimum atomic E-state index is -1.10. The van der Waals surface area contributed by atoms with Crippen LogP contribution in [0, 0.1) is 5.82 Å². The molecule has 1 fully saturated rings. The van der Waals surface area contributed by atoms with Gasteiger partial charge in [-0.25, -0.2) is 9.18 Å². The first-order chi connectivity index (χ1) is 14.6. The first-order valence-electron chi connectivity index (χ1n) is 9.68. The summed E-state index contributed by atoms with van der Waals surface area (Å²) in [4.78, 5) is 31.9. The van der Waals surface area contributed by atoms with Gasteiger partial charge in [-0.2, -0.15) is 0 Å². The largest absolute Gasteiger partial charge is 0.379 e. The third kappa shape index (κ3) is 4.81. The summed E-state index contributed by atoms with van der Waals surface area (Å²) in [6.45, 7) is 3.37. The van der Waals surface area contributed by atoms with Crippen molar-refractivity contribution in [3.8, 4) is 0 Å². The molecule has 0 bridgehead atoms. The Morgan fingerprint density at radius 3 is 2.67 bits per heavy atom. The lowest BCUT2D eigenvalue weighted by Crippen LogP contribution is -2.45. The molecule has 9 heteroatoms. The number of aliphatic imine (C=N–C) groups is 1. The van der Waals surface area contributed by atoms with Gasteiger partial charge in [0.25, 0.3) is 5.91 Å². The maximum absolute atomic E-state index is 13.0. The van der Waals surface area contributed by atoms with E-state index in [2.05, 4.69) is 25.8 Å². The van der Waals surface area contributed by atoms with Crippen LogP contribution < -0.4 is 16.0 Å². The number of fused-ring (bicyclic) bond motifs is 1. The van der Waals surface area contributed by atoms with Gasteiger partial charge >= 0.3 is 6.03 Å². The molecule has 0 saturated carbocycles. The summed E-state index contributed by atoms with van der Waals surface area (Å²) in [5.74, 6) is -0.840. The minimum Gasteiger partial charge on any atom is -0.379 e. The number of carbonyl (C=O) groups is 2. The average molecular weight is 411 g/mol. The Morgan fingerprint density at radius 1 is 1.17 bits per heavy atom. The highest BCUT2D eigenvalue weighted by Crippen LogP contribution is 2.21. The molecule has 2 aromatic rings. The van der Waals surface area contributed by atoms with Crippen LogP contribution in [0.3, 0.4) is 0 Å². The minimum absolute atomic E-state index is 0.403. The Bertz CT molecular complexity index is 957. The van der Waals surface area contributed by atoms with Crippen LogP contribution in [-0.2, 0) is 9.53 Å². The van der Waals surface area contributed by atoms with Crippen molar-refractivity contribution in [1.29, 1.82) is 0 Å². The maximum Gasteiger partial charge on any atom is 0.321 e. The number of rotatable bonds is 4. The molecule has 0 aromatic heterocycles. The van der Waals surface area contributed by atoms with Crippen molar-refractivity contribution in [3.63, 3.8) is 0 Å². The van der Waals surface area contributed by atoms with Gasteiger partial charge in [0.2, 0.25) is 6.17 Å². The molecule has 2 heterocycles. The zero-order chi connectivity index (χ0) is 20.9. The molecule has 4 rings (SSSR count). The second-order valence-electron chi connectivity index (χ2n) is 7.01. The maximum atomic E-state index is 13.0. The third-order valence-corrected chi connectivity index (χ3v) is 4.88. The van der Waals surface area contributed by atoms with Gasteiger partial charge in [0.05, 0.1) is 18.9 Å². The summed E-state index contributed by atoms with van der Waals surface area (Å²) in [5, 5.41) is 8.00. The molecule has 3 N–H and O–H groups in total. The van der Waals surface area contributed by atoms with E-state index in [9.17, 15) is 14.0 Å². The molecule has 30 heavy (non-hydrogen) atoms. The molecule has 0 aliphatic carbocycles. The van der Waals surface area contributed by atoms with Gasteiger partial charge in [-0.1, -0.05) is 18.2 Å². The Balaban J connectivity index is 1.54. The molecule has 2 aliphatic rings. The van der Waals surface area contributed by atoms with Crippen LogP contribution in [0.15, 0.2) is 53.5 Å². The van der Waals surface area contributed by atoms with E-state index in [-0.39, 0.29) is 0 Å². The van der Waals surface area contributed by atoms with Crippen molar-refractivity contribution >= 4 is 29.0 Å². The van der Waals surface area contributed by atoms with E-state index in [0.717, 1.165) is 18.7 Å². The fourth-order valence-electron chi connectivity index (χ4n) is 3.35. The van der Waals surface area contributed by atoms with Crippen molar-refractivity contribution < 1.29 is 18.7 Å². The summed E-state index contributed by atoms with van der Waals surface area (Å²) >= 11 is 0. The van der Waals surface area contributed by atoms with E-state index in [1.165, 1.54) is 24.3 Å².